The van der Waals surface area contributed by atoms with Gasteiger partial charge >= 0.3 is 0 Å². The van der Waals surface area contributed by atoms with Crippen LogP contribution in [0.15, 0.2) is 16.9 Å². The van der Waals surface area contributed by atoms with Gasteiger partial charge in [-0.3, -0.25) is 4.79 Å². The van der Waals surface area contributed by atoms with Crippen LogP contribution in [-0.2, 0) is 6.42 Å². The van der Waals surface area contributed by atoms with Crippen molar-refractivity contribution < 1.29 is 9.47 Å². The maximum atomic E-state index is 12.3. The van der Waals surface area contributed by atoms with Crippen molar-refractivity contribution >= 4 is 10.9 Å². The van der Waals surface area contributed by atoms with Gasteiger partial charge in [0.1, 0.15) is 5.82 Å². The summed E-state index contributed by atoms with van der Waals surface area (Å²) in [6, 6.07) is 3.30. The van der Waals surface area contributed by atoms with Crippen molar-refractivity contribution in [3.63, 3.8) is 0 Å². The van der Waals surface area contributed by atoms with E-state index in [2.05, 4.69) is 4.98 Å². The first-order valence-electron chi connectivity index (χ1n) is 6.40. The molecule has 6 heteroatoms. The lowest BCUT2D eigenvalue weighted by Gasteiger charge is -2.13. The molecule has 0 spiro atoms. The summed E-state index contributed by atoms with van der Waals surface area (Å²) in [5.74, 6) is 7.77. The molecule has 0 fully saturated rings. The van der Waals surface area contributed by atoms with Crippen LogP contribution in [-0.4, -0.2) is 23.9 Å². The summed E-state index contributed by atoms with van der Waals surface area (Å²) in [5.41, 5.74) is 0.275. The van der Waals surface area contributed by atoms with Gasteiger partial charge in [-0.1, -0.05) is 13.8 Å². The van der Waals surface area contributed by atoms with Crippen LogP contribution in [0.25, 0.3) is 10.9 Å². The van der Waals surface area contributed by atoms with E-state index in [1.54, 1.807) is 19.2 Å². The fourth-order valence-electron chi connectivity index (χ4n) is 2.08. The van der Waals surface area contributed by atoms with Gasteiger partial charge < -0.3 is 15.3 Å². The molecule has 108 valence electrons. The van der Waals surface area contributed by atoms with E-state index in [0.717, 1.165) is 4.68 Å². The average Bonchev–Trinajstić information content (AvgIpc) is 2.42. The van der Waals surface area contributed by atoms with Crippen LogP contribution in [0.3, 0.4) is 0 Å². The Morgan fingerprint density at radius 2 is 1.85 bits per heavy atom. The highest BCUT2D eigenvalue weighted by Crippen LogP contribution is 2.30. The second kappa shape index (κ2) is 5.40. The summed E-state index contributed by atoms with van der Waals surface area (Å²) >= 11 is 0. The Bertz CT molecular complexity index is 692. The molecule has 0 aliphatic carbocycles. The Morgan fingerprint density at radius 1 is 1.25 bits per heavy atom. The molecule has 1 aromatic carbocycles. The predicted molar refractivity (Wildman–Crippen MR) is 77.8 cm³/mol. The highest BCUT2D eigenvalue weighted by molar-refractivity contribution is 5.82. The third kappa shape index (κ3) is 2.41. The van der Waals surface area contributed by atoms with Gasteiger partial charge in [-0.25, -0.2) is 9.66 Å². The molecule has 0 aliphatic rings. The number of methoxy groups -OCH3 is 2. The van der Waals surface area contributed by atoms with Crippen molar-refractivity contribution in [2.75, 3.05) is 20.1 Å². The highest BCUT2D eigenvalue weighted by atomic mass is 16.5. The van der Waals surface area contributed by atoms with Gasteiger partial charge in [-0.15, -0.1) is 0 Å². The third-order valence-electron chi connectivity index (χ3n) is 3.07. The first-order chi connectivity index (χ1) is 9.47. The summed E-state index contributed by atoms with van der Waals surface area (Å²) < 4.78 is 11.5. The minimum Gasteiger partial charge on any atom is -0.493 e. The molecule has 6 nitrogen and oxygen atoms in total. The second-order valence-electron chi connectivity index (χ2n) is 5.03. The van der Waals surface area contributed by atoms with E-state index in [1.165, 1.54) is 7.11 Å². The topological polar surface area (TPSA) is 79.4 Å². The minimum absolute atomic E-state index is 0.286. The van der Waals surface area contributed by atoms with Gasteiger partial charge in [0.25, 0.3) is 5.56 Å². The minimum atomic E-state index is -0.286. The molecule has 20 heavy (non-hydrogen) atoms. The second-order valence-corrected chi connectivity index (χ2v) is 5.03. The van der Waals surface area contributed by atoms with Crippen LogP contribution in [0.2, 0.25) is 0 Å². The Balaban J connectivity index is 2.73. The number of fused-ring (bicyclic) bond motifs is 1. The predicted octanol–water partition coefficient (Wildman–Crippen LogP) is 1.33. The molecule has 2 rings (SSSR count). The van der Waals surface area contributed by atoms with Crippen LogP contribution < -0.4 is 20.9 Å². The first-order valence-corrected chi connectivity index (χ1v) is 6.40. The monoisotopic (exact) mass is 277 g/mol. The number of aromatic nitrogens is 2. The average molecular weight is 277 g/mol. The van der Waals surface area contributed by atoms with Crippen molar-refractivity contribution in [3.8, 4) is 11.5 Å². The molecule has 0 bridgehead atoms. The highest BCUT2D eigenvalue weighted by Gasteiger charge is 2.14. The van der Waals surface area contributed by atoms with Gasteiger partial charge in [0.2, 0.25) is 0 Å². The molecule has 0 saturated carbocycles. The van der Waals surface area contributed by atoms with E-state index < -0.39 is 0 Å². The Labute approximate surface area is 117 Å². The number of nitrogens with two attached hydrogens (primary N) is 1. The van der Waals surface area contributed by atoms with E-state index in [4.69, 9.17) is 15.3 Å². The summed E-state index contributed by atoms with van der Waals surface area (Å²) in [6.07, 6.45) is 0.635. The summed E-state index contributed by atoms with van der Waals surface area (Å²) in [7, 11) is 3.06. The maximum absolute atomic E-state index is 12.3. The summed E-state index contributed by atoms with van der Waals surface area (Å²) in [5, 5.41) is 0.414. The SMILES string of the molecule is COc1cc2nc(CC(C)C)n(N)c(=O)c2cc1OC. The van der Waals surface area contributed by atoms with E-state index in [0.29, 0.717) is 40.6 Å². The largest absolute Gasteiger partial charge is 0.493 e. The number of nitrogens with zero attached hydrogens (tertiary/aromatic N) is 2. The van der Waals surface area contributed by atoms with Crippen LogP contribution in [0.1, 0.15) is 19.7 Å². The zero-order valence-electron chi connectivity index (χ0n) is 12.1. The van der Waals surface area contributed by atoms with Gasteiger partial charge in [0.05, 0.1) is 25.1 Å². The molecule has 0 atom stereocenters. The molecule has 0 saturated heterocycles. The number of rotatable bonds is 4. The fourth-order valence-corrected chi connectivity index (χ4v) is 2.08. The molecule has 0 aliphatic heterocycles. The van der Waals surface area contributed by atoms with Crippen molar-refractivity contribution in [2.24, 2.45) is 5.92 Å². The molecule has 0 amide bonds. The van der Waals surface area contributed by atoms with Crippen molar-refractivity contribution in [2.45, 2.75) is 20.3 Å². The Morgan fingerprint density at radius 3 is 2.40 bits per heavy atom. The van der Waals surface area contributed by atoms with E-state index in [-0.39, 0.29) is 5.56 Å². The van der Waals surface area contributed by atoms with E-state index in [1.807, 2.05) is 13.8 Å². The molecular weight excluding hydrogens is 258 g/mol. The van der Waals surface area contributed by atoms with Crippen LogP contribution >= 0.6 is 0 Å². The fraction of sp³-hybridized carbons (Fsp3) is 0.429. The number of nitrogen functional groups attached to an aromatic ring is 1. The maximum Gasteiger partial charge on any atom is 0.279 e. The van der Waals surface area contributed by atoms with Gasteiger partial charge in [0.15, 0.2) is 11.5 Å². The molecule has 0 radical (unpaired) electrons. The van der Waals surface area contributed by atoms with Gasteiger partial charge in [-0.05, 0) is 12.0 Å². The number of hydrogen-bond donors (Lipinski definition) is 1. The van der Waals surface area contributed by atoms with Gasteiger partial charge in [0, 0.05) is 12.5 Å². The molecule has 2 aromatic rings. The van der Waals surface area contributed by atoms with Crippen LogP contribution in [0.5, 0.6) is 11.5 Å². The van der Waals surface area contributed by atoms with Crippen molar-refractivity contribution in [3.05, 3.63) is 28.3 Å². The lowest BCUT2D eigenvalue weighted by molar-refractivity contribution is 0.355. The number of ether oxygens (including phenoxy) is 2. The zero-order valence-corrected chi connectivity index (χ0v) is 12.1. The van der Waals surface area contributed by atoms with Crippen LogP contribution in [0, 0.1) is 5.92 Å². The zero-order chi connectivity index (χ0) is 14.9. The van der Waals surface area contributed by atoms with E-state index in [9.17, 15) is 4.79 Å². The van der Waals surface area contributed by atoms with Crippen molar-refractivity contribution in [1.29, 1.82) is 0 Å². The molecule has 0 unspecified atom stereocenters. The Kier molecular flexibility index (Phi) is 3.83. The lowest BCUT2D eigenvalue weighted by atomic mass is 10.1. The van der Waals surface area contributed by atoms with Gasteiger partial charge in [-0.2, -0.15) is 0 Å². The molecule has 1 heterocycles. The lowest BCUT2D eigenvalue weighted by Crippen LogP contribution is -2.32. The quantitative estimate of drug-likeness (QED) is 0.853. The van der Waals surface area contributed by atoms with Crippen LogP contribution in [0.4, 0.5) is 0 Å². The number of benzene rings is 1. The summed E-state index contributed by atoms with van der Waals surface area (Å²) in [4.78, 5) is 16.8. The standard InChI is InChI=1S/C14H19N3O3/c1-8(2)5-13-16-10-7-12(20-4)11(19-3)6-9(10)14(18)17(13)15/h6-8H,5,15H2,1-4H3. The first kappa shape index (κ1) is 14.2. The normalized spacial score (nSPS) is 11.1. The molecule has 2 N–H and O–H groups in total. The molecule has 1 aromatic heterocycles. The van der Waals surface area contributed by atoms with Crippen molar-refractivity contribution in [1.82, 2.24) is 9.66 Å². The van der Waals surface area contributed by atoms with E-state index >= 15 is 0 Å². The number of hydrogen-bond acceptors (Lipinski definition) is 5. The third-order valence-corrected chi connectivity index (χ3v) is 3.07. The molecular formula is C14H19N3O3. The Hall–Kier alpha value is -2.24. The smallest absolute Gasteiger partial charge is 0.279 e. The summed E-state index contributed by atoms with van der Waals surface area (Å²) in [6.45, 7) is 4.09.